The molecule has 1 saturated heterocycles. The minimum Gasteiger partial charge on any atom is -0.364 e. The van der Waals surface area contributed by atoms with Crippen LogP contribution in [0.2, 0.25) is 0 Å². The van der Waals surface area contributed by atoms with Gasteiger partial charge >= 0.3 is 0 Å². The molecule has 0 bridgehead atoms. The molecule has 0 spiro atoms. The van der Waals surface area contributed by atoms with Crippen LogP contribution in [0.4, 0.5) is 0 Å². The van der Waals surface area contributed by atoms with E-state index in [9.17, 15) is 13.5 Å². The molecule has 6 nitrogen and oxygen atoms in total. The van der Waals surface area contributed by atoms with Crippen LogP contribution in [-0.4, -0.2) is 51.7 Å². The first-order chi connectivity index (χ1) is 10.7. The molecule has 1 aliphatic rings. The van der Waals surface area contributed by atoms with Gasteiger partial charge in [-0.1, -0.05) is 32.0 Å². The summed E-state index contributed by atoms with van der Waals surface area (Å²) in [5.74, 6) is -2.81. The highest BCUT2D eigenvalue weighted by Gasteiger charge is 2.54. The minimum absolute atomic E-state index is 0.129. The van der Waals surface area contributed by atoms with Gasteiger partial charge in [0, 0.05) is 20.1 Å². The molecule has 0 aliphatic carbocycles. The van der Waals surface area contributed by atoms with Crippen LogP contribution >= 0.6 is 0 Å². The topological polar surface area (TPSA) is 82.1 Å². The van der Waals surface area contributed by atoms with E-state index >= 15 is 0 Å². The second-order valence-corrected chi connectivity index (χ2v) is 7.98. The second-order valence-electron chi connectivity index (χ2n) is 5.99. The Balaban J connectivity index is 2.25. The van der Waals surface area contributed by atoms with Crippen molar-refractivity contribution in [2.45, 2.75) is 36.9 Å². The maximum Gasteiger partial charge on any atom is 0.183 e. The molecule has 1 heterocycles. The summed E-state index contributed by atoms with van der Waals surface area (Å²) in [5.41, 5.74) is 0. The summed E-state index contributed by atoms with van der Waals surface area (Å²) >= 11 is 0. The number of rotatable bonds is 6. The molecular weight excluding hydrogens is 320 g/mol. The van der Waals surface area contributed by atoms with Crippen molar-refractivity contribution in [1.82, 2.24) is 0 Å². The van der Waals surface area contributed by atoms with Crippen molar-refractivity contribution in [1.29, 1.82) is 0 Å². The summed E-state index contributed by atoms with van der Waals surface area (Å²) in [6.45, 7) is 3.65. The highest BCUT2D eigenvalue weighted by atomic mass is 32.2. The van der Waals surface area contributed by atoms with Crippen LogP contribution in [-0.2, 0) is 24.0 Å². The lowest BCUT2D eigenvalue weighted by molar-refractivity contribution is -0.245. The van der Waals surface area contributed by atoms with E-state index in [1.807, 2.05) is 6.92 Å². The Bertz CT molecular complexity index is 613. The third-order valence-electron chi connectivity index (χ3n) is 4.59. The summed E-state index contributed by atoms with van der Waals surface area (Å²) in [6, 6.07) is 8.04. The molecule has 130 valence electrons. The van der Waals surface area contributed by atoms with E-state index in [0.717, 1.165) is 0 Å². The van der Waals surface area contributed by atoms with E-state index < -0.39 is 39.7 Å². The predicted octanol–water partition coefficient (Wildman–Crippen LogP) is 1.44. The van der Waals surface area contributed by atoms with Gasteiger partial charge in [-0.25, -0.2) is 8.42 Å². The first-order valence-electron chi connectivity index (χ1n) is 7.49. The van der Waals surface area contributed by atoms with Crippen molar-refractivity contribution in [3.63, 3.8) is 0 Å². The monoisotopic (exact) mass is 344 g/mol. The lowest BCUT2D eigenvalue weighted by Gasteiger charge is -2.28. The smallest absolute Gasteiger partial charge is 0.183 e. The van der Waals surface area contributed by atoms with E-state index in [0.29, 0.717) is 0 Å². The van der Waals surface area contributed by atoms with Crippen molar-refractivity contribution in [3.05, 3.63) is 30.3 Å². The Kier molecular flexibility index (Phi) is 5.48. The Labute approximate surface area is 137 Å². The van der Waals surface area contributed by atoms with Gasteiger partial charge in [-0.2, -0.15) is 0 Å². The molecule has 1 aromatic carbocycles. The van der Waals surface area contributed by atoms with Gasteiger partial charge in [0.1, 0.15) is 11.9 Å². The fourth-order valence-corrected chi connectivity index (χ4v) is 4.58. The first kappa shape index (κ1) is 18.4. The second kappa shape index (κ2) is 6.86. The predicted molar refractivity (Wildman–Crippen MR) is 84.5 cm³/mol. The molecule has 23 heavy (non-hydrogen) atoms. The lowest BCUT2D eigenvalue weighted by atomic mass is 9.88. The lowest BCUT2D eigenvalue weighted by Crippen LogP contribution is -2.43. The van der Waals surface area contributed by atoms with Crippen molar-refractivity contribution < 1.29 is 27.7 Å². The van der Waals surface area contributed by atoms with Gasteiger partial charge in [-0.15, -0.1) is 0 Å². The van der Waals surface area contributed by atoms with Crippen molar-refractivity contribution in [3.8, 4) is 0 Å². The number of hydrogen-bond acceptors (Lipinski definition) is 6. The molecular formula is C16H24O6S. The van der Waals surface area contributed by atoms with E-state index in [4.69, 9.17) is 14.2 Å². The van der Waals surface area contributed by atoms with Gasteiger partial charge < -0.3 is 19.3 Å². The first-order valence-corrected chi connectivity index (χ1v) is 9.14. The average Bonchev–Trinajstić information content (AvgIpc) is 2.74. The quantitative estimate of drug-likeness (QED) is 0.787. The maximum atomic E-state index is 12.6. The largest absolute Gasteiger partial charge is 0.364 e. The maximum absolute atomic E-state index is 12.6. The van der Waals surface area contributed by atoms with Crippen LogP contribution in [0.3, 0.4) is 0 Å². The molecule has 2 rings (SSSR count). The Morgan fingerprint density at radius 2 is 1.78 bits per heavy atom. The summed E-state index contributed by atoms with van der Waals surface area (Å²) < 4.78 is 41.2. The van der Waals surface area contributed by atoms with Crippen LogP contribution in [0.1, 0.15) is 13.8 Å². The summed E-state index contributed by atoms with van der Waals surface area (Å²) in [7, 11) is -0.719. The van der Waals surface area contributed by atoms with Gasteiger partial charge in [0.15, 0.2) is 21.9 Å². The molecule has 1 N–H and O–H groups in total. The third kappa shape index (κ3) is 3.59. The van der Waals surface area contributed by atoms with Crippen LogP contribution in [0.25, 0.3) is 0 Å². The van der Waals surface area contributed by atoms with Crippen LogP contribution in [0.5, 0.6) is 0 Å². The Morgan fingerprint density at radius 3 is 2.30 bits per heavy atom. The molecule has 0 amide bonds. The van der Waals surface area contributed by atoms with E-state index in [-0.39, 0.29) is 10.8 Å². The van der Waals surface area contributed by atoms with Gasteiger partial charge in [0.2, 0.25) is 0 Å². The van der Waals surface area contributed by atoms with Gasteiger partial charge in [0.05, 0.1) is 4.90 Å². The highest BCUT2D eigenvalue weighted by Crippen LogP contribution is 2.42. The van der Waals surface area contributed by atoms with E-state index in [1.165, 1.54) is 26.4 Å². The number of ether oxygens (including phenoxy) is 3. The third-order valence-corrected chi connectivity index (χ3v) is 6.37. The zero-order valence-corrected chi connectivity index (χ0v) is 14.6. The van der Waals surface area contributed by atoms with E-state index in [1.54, 1.807) is 25.1 Å². The molecule has 4 atom stereocenters. The van der Waals surface area contributed by atoms with Crippen LogP contribution in [0.15, 0.2) is 35.2 Å². The zero-order chi connectivity index (χ0) is 17.3. The molecule has 1 aliphatic heterocycles. The fourth-order valence-electron chi connectivity index (χ4n) is 2.96. The molecule has 1 fully saturated rings. The summed E-state index contributed by atoms with van der Waals surface area (Å²) in [5, 5.41) is 10.8. The number of sulfone groups is 1. The number of benzene rings is 1. The van der Waals surface area contributed by atoms with E-state index in [2.05, 4.69) is 0 Å². The normalized spacial score (nSPS) is 31.7. The van der Waals surface area contributed by atoms with Crippen LogP contribution in [0, 0.1) is 11.8 Å². The molecule has 7 heteroatoms. The SMILES string of the molecule is COC(OC)[C@@H]1OC(O)(CS(=O)(=O)c2ccccc2)[C@H](C)[C@H]1C. The van der Waals surface area contributed by atoms with Crippen molar-refractivity contribution >= 4 is 9.84 Å². The average molecular weight is 344 g/mol. The Hall–Kier alpha value is -0.990. The zero-order valence-electron chi connectivity index (χ0n) is 13.8. The number of methoxy groups -OCH3 is 2. The number of hydrogen-bond donors (Lipinski definition) is 1. The fraction of sp³-hybridized carbons (Fsp3) is 0.625. The van der Waals surface area contributed by atoms with Gasteiger partial charge in [0.25, 0.3) is 0 Å². The van der Waals surface area contributed by atoms with Gasteiger partial charge in [-0.05, 0) is 18.1 Å². The molecule has 0 radical (unpaired) electrons. The van der Waals surface area contributed by atoms with Crippen LogP contribution < -0.4 is 0 Å². The molecule has 0 aromatic heterocycles. The summed E-state index contributed by atoms with van der Waals surface area (Å²) in [4.78, 5) is 0.162. The summed E-state index contributed by atoms with van der Waals surface area (Å²) in [6.07, 6.45) is -1.21. The van der Waals surface area contributed by atoms with Crippen molar-refractivity contribution in [2.24, 2.45) is 11.8 Å². The minimum atomic E-state index is -3.68. The molecule has 1 aromatic rings. The Morgan fingerprint density at radius 1 is 1.22 bits per heavy atom. The number of aliphatic hydroxyl groups is 1. The highest BCUT2D eigenvalue weighted by molar-refractivity contribution is 7.91. The van der Waals surface area contributed by atoms with Crippen molar-refractivity contribution in [2.75, 3.05) is 20.0 Å². The molecule has 0 saturated carbocycles. The standard InChI is InChI=1S/C16H24O6S/c1-11-12(2)16(17,22-14(11)15(20-3)21-4)10-23(18,19)13-8-6-5-7-9-13/h5-9,11-12,14-15,17H,10H2,1-4H3/t11-,12-,14-,16?/m1/s1. The van der Waals surface area contributed by atoms with Gasteiger partial charge in [-0.3, -0.25) is 0 Å². The molecule has 1 unspecified atom stereocenters.